The maximum absolute atomic E-state index is 10.5. The third-order valence-electron chi connectivity index (χ3n) is 2.86. The van der Waals surface area contributed by atoms with Gasteiger partial charge in [0.05, 0.1) is 18.7 Å². The fourth-order valence-electron chi connectivity index (χ4n) is 1.86. The Morgan fingerprint density at radius 1 is 1.28 bits per heavy atom. The normalized spacial score (nSPS) is 10.6. The summed E-state index contributed by atoms with van der Waals surface area (Å²) in [6.45, 7) is 4.39. The average Bonchev–Trinajstić information content (AvgIpc) is 2.69. The second-order valence-corrected chi connectivity index (χ2v) is 4.40. The molecule has 4 heteroatoms. The van der Waals surface area contributed by atoms with Crippen molar-refractivity contribution in [1.29, 1.82) is 0 Å². The van der Waals surface area contributed by atoms with Gasteiger partial charge >= 0.3 is 5.97 Å². The Bertz CT molecular complexity index is 556. The molecule has 0 saturated heterocycles. The number of carboxylic acids is 1. The number of benzene rings is 1. The van der Waals surface area contributed by atoms with Crippen LogP contribution in [0.3, 0.4) is 0 Å². The van der Waals surface area contributed by atoms with Gasteiger partial charge < -0.3 is 5.11 Å². The van der Waals surface area contributed by atoms with E-state index in [0.29, 0.717) is 6.54 Å². The van der Waals surface area contributed by atoms with Gasteiger partial charge in [0.15, 0.2) is 0 Å². The molecule has 2 rings (SSSR count). The van der Waals surface area contributed by atoms with Crippen molar-refractivity contribution in [2.24, 2.45) is 0 Å². The number of aryl methyl sites for hydroxylation is 3. The van der Waals surface area contributed by atoms with E-state index in [1.807, 2.05) is 20.0 Å². The lowest BCUT2D eigenvalue weighted by Gasteiger charge is -1.99. The van der Waals surface area contributed by atoms with Gasteiger partial charge in [0, 0.05) is 11.8 Å². The Morgan fingerprint density at radius 3 is 2.56 bits per heavy atom. The van der Waals surface area contributed by atoms with Crippen molar-refractivity contribution in [3.05, 3.63) is 41.7 Å². The van der Waals surface area contributed by atoms with Gasteiger partial charge in [-0.05, 0) is 19.4 Å². The van der Waals surface area contributed by atoms with Crippen molar-refractivity contribution in [2.45, 2.75) is 26.8 Å². The second kappa shape index (κ2) is 5.04. The fourth-order valence-corrected chi connectivity index (χ4v) is 1.86. The molecule has 0 atom stereocenters. The zero-order valence-electron chi connectivity index (χ0n) is 10.6. The molecule has 0 spiro atoms. The zero-order valence-corrected chi connectivity index (χ0v) is 10.6. The smallest absolute Gasteiger partial charge is 0.305 e. The molecule has 0 aliphatic rings. The highest BCUT2D eigenvalue weighted by molar-refractivity contribution is 5.67. The van der Waals surface area contributed by atoms with E-state index in [2.05, 4.69) is 29.4 Å². The van der Waals surface area contributed by atoms with Crippen molar-refractivity contribution in [2.75, 3.05) is 0 Å². The minimum absolute atomic E-state index is 0.0917. The SMILES string of the molecule is Cc1ccc(-c2cn(CCC(=O)O)nc2C)cc1. The van der Waals surface area contributed by atoms with Gasteiger partial charge in [0.1, 0.15) is 0 Å². The molecule has 2 aromatic rings. The van der Waals surface area contributed by atoms with Crippen molar-refractivity contribution in [3.63, 3.8) is 0 Å². The number of carboxylic acid groups (broad SMARTS) is 1. The first-order chi connectivity index (χ1) is 8.56. The summed E-state index contributed by atoms with van der Waals surface area (Å²) in [7, 11) is 0. The maximum atomic E-state index is 10.5. The quantitative estimate of drug-likeness (QED) is 0.899. The minimum Gasteiger partial charge on any atom is -0.481 e. The van der Waals surface area contributed by atoms with Gasteiger partial charge in [-0.15, -0.1) is 0 Å². The third kappa shape index (κ3) is 2.77. The maximum Gasteiger partial charge on any atom is 0.305 e. The van der Waals surface area contributed by atoms with Crippen LogP contribution in [0.2, 0.25) is 0 Å². The van der Waals surface area contributed by atoms with E-state index in [1.54, 1.807) is 4.68 Å². The van der Waals surface area contributed by atoms with Crippen LogP contribution in [0, 0.1) is 13.8 Å². The molecule has 1 aromatic heterocycles. The van der Waals surface area contributed by atoms with E-state index >= 15 is 0 Å². The molecular weight excluding hydrogens is 228 g/mol. The van der Waals surface area contributed by atoms with Crippen LogP contribution in [0.25, 0.3) is 11.1 Å². The lowest BCUT2D eigenvalue weighted by Crippen LogP contribution is -2.04. The number of carbonyl (C=O) groups is 1. The molecule has 1 N–H and O–H groups in total. The van der Waals surface area contributed by atoms with E-state index in [1.165, 1.54) is 5.56 Å². The highest BCUT2D eigenvalue weighted by atomic mass is 16.4. The van der Waals surface area contributed by atoms with Crippen LogP contribution in [0.5, 0.6) is 0 Å². The first-order valence-corrected chi connectivity index (χ1v) is 5.89. The van der Waals surface area contributed by atoms with E-state index in [4.69, 9.17) is 5.11 Å². The molecule has 0 aliphatic heterocycles. The molecule has 18 heavy (non-hydrogen) atoms. The summed E-state index contributed by atoms with van der Waals surface area (Å²) in [6, 6.07) is 8.23. The summed E-state index contributed by atoms with van der Waals surface area (Å²) in [5.41, 5.74) is 4.30. The Morgan fingerprint density at radius 2 is 1.94 bits per heavy atom. The summed E-state index contributed by atoms with van der Waals surface area (Å²) in [4.78, 5) is 10.5. The van der Waals surface area contributed by atoms with E-state index in [9.17, 15) is 4.79 Å². The molecule has 0 unspecified atom stereocenters. The van der Waals surface area contributed by atoms with Crippen LogP contribution in [-0.4, -0.2) is 20.9 Å². The van der Waals surface area contributed by atoms with Crippen molar-refractivity contribution in [1.82, 2.24) is 9.78 Å². The topological polar surface area (TPSA) is 55.1 Å². The summed E-state index contributed by atoms with van der Waals surface area (Å²) in [5.74, 6) is -0.806. The number of nitrogens with zero attached hydrogens (tertiary/aromatic N) is 2. The summed E-state index contributed by atoms with van der Waals surface area (Å²) in [6.07, 6.45) is 2.00. The fraction of sp³-hybridized carbons (Fsp3) is 0.286. The van der Waals surface area contributed by atoms with Crippen molar-refractivity contribution < 1.29 is 9.90 Å². The molecule has 0 bridgehead atoms. The highest BCUT2D eigenvalue weighted by Crippen LogP contribution is 2.22. The molecule has 0 amide bonds. The Hall–Kier alpha value is -2.10. The Labute approximate surface area is 106 Å². The number of rotatable bonds is 4. The van der Waals surface area contributed by atoms with Crippen LogP contribution in [-0.2, 0) is 11.3 Å². The molecule has 4 nitrogen and oxygen atoms in total. The van der Waals surface area contributed by atoms with Crippen LogP contribution in [0.4, 0.5) is 0 Å². The average molecular weight is 244 g/mol. The molecule has 0 fully saturated rings. The molecule has 0 aliphatic carbocycles. The lowest BCUT2D eigenvalue weighted by molar-refractivity contribution is -0.137. The third-order valence-corrected chi connectivity index (χ3v) is 2.86. The lowest BCUT2D eigenvalue weighted by atomic mass is 10.1. The minimum atomic E-state index is -0.806. The van der Waals surface area contributed by atoms with Gasteiger partial charge in [0.2, 0.25) is 0 Å². The summed E-state index contributed by atoms with van der Waals surface area (Å²) in [5, 5.41) is 13.0. The molecular formula is C14H16N2O2. The van der Waals surface area contributed by atoms with Gasteiger partial charge in [-0.3, -0.25) is 9.48 Å². The highest BCUT2D eigenvalue weighted by Gasteiger charge is 2.08. The predicted molar refractivity (Wildman–Crippen MR) is 69.4 cm³/mol. The summed E-state index contributed by atoms with van der Waals surface area (Å²) >= 11 is 0. The van der Waals surface area contributed by atoms with Gasteiger partial charge in [-0.2, -0.15) is 5.10 Å². The molecule has 1 aromatic carbocycles. The monoisotopic (exact) mass is 244 g/mol. The first kappa shape index (κ1) is 12.4. The molecule has 0 radical (unpaired) electrons. The van der Waals surface area contributed by atoms with Crippen LogP contribution >= 0.6 is 0 Å². The number of aliphatic carboxylic acids is 1. The Kier molecular flexibility index (Phi) is 3.46. The van der Waals surface area contributed by atoms with Crippen LogP contribution in [0.1, 0.15) is 17.7 Å². The van der Waals surface area contributed by atoms with E-state index in [0.717, 1.165) is 16.8 Å². The van der Waals surface area contributed by atoms with E-state index in [-0.39, 0.29) is 6.42 Å². The van der Waals surface area contributed by atoms with Crippen molar-refractivity contribution >= 4 is 5.97 Å². The van der Waals surface area contributed by atoms with Crippen LogP contribution < -0.4 is 0 Å². The van der Waals surface area contributed by atoms with Gasteiger partial charge in [-0.25, -0.2) is 0 Å². The molecule has 0 saturated carbocycles. The van der Waals surface area contributed by atoms with Crippen molar-refractivity contribution in [3.8, 4) is 11.1 Å². The van der Waals surface area contributed by atoms with Gasteiger partial charge in [0.25, 0.3) is 0 Å². The predicted octanol–water partition coefficient (Wildman–Crippen LogP) is 2.64. The standard InChI is InChI=1S/C14H16N2O2/c1-10-3-5-12(6-4-10)13-9-16(15-11(13)2)8-7-14(17)18/h3-6,9H,7-8H2,1-2H3,(H,17,18). The number of aromatic nitrogens is 2. The zero-order chi connectivity index (χ0) is 13.1. The van der Waals surface area contributed by atoms with Crippen LogP contribution in [0.15, 0.2) is 30.5 Å². The Balaban J connectivity index is 2.23. The second-order valence-electron chi connectivity index (χ2n) is 4.40. The number of hydrogen-bond acceptors (Lipinski definition) is 2. The molecule has 94 valence electrons. The molecule has 1 heterocycles. The first-order valence-electron chi connectivity index (χ1n) is 5.89. The number of hydrogen-bond donors (Lipinski definition) is 1. The van der Waals surface area contributed by atoms with E-state index < -0.39 is 5.97 Å². The van der Waals surface area contributed by atoms with Gasteiger partial charge in [-0.1, -0.05) is 29.8 Å². The summed E-state index contributed by atoms with van der Waals surface area (Å²) < 4.78 is 1.69. The largest absolute Gasteiger partial charge is 0.481 e.